The summed E-state index contributed by atoms with van der Waals surface area (Å²) in [7, 11) is 0. The molecule has 0 atom stereocenters. The number of aromatic nitrogens is 1. The summed E-state index contributed by atoms with van der Waals surface area (Å²) in [6.45, 7) is 4.04. The minimum absolute atomic E-state index is 0.142. The van der Waals surface area contributed by atoms with Gasteiger partial charge >= 0.3 is 0 Å². The van der Waals surface area contributed by atoms with E-state index in [1.165, 1.54) is 23.9 Å². The SMILES string of the molecule is CC(C)Oc1nccc2c(NC3CC3)cccc12. The maximum Gasteiger partial charge on any atom is 0.221 e. The number of anilines is 1. The monoisotopic (exact) mass is 242 g/mol. The zero-order chi connectivity index (χ0) is 12.5. The molecular weight excluding hydrogens is 224 g/mol. The number of benzene rings is 1. The third-order valence-corrected chi connectivity index (χ3v) is 3.05. The van der Waals surface area contributed by atoms with Gasteiger partial charge < -0.3 is 10.1 Å². The van der Waals surface area contributed by atoms with Crippen LogP contribution in [-0.4, -0.2) is 17.1 Å². The van der Waals surface area contributed by atoms with Gasteiger partial charge in [-0.3, -0.25) is 0 Å². The molecule has 94 valence electrons. The lowest BCUT2D eigenvalue weighted by Crippen LogP contribution is -2.07. The van der Waals surface area contributed by atoms with Crippen molar-refractivity contribution < 1.29 is 4.74 Å². The summed E-state index contributed by atoms with van der Waals surface area (Å²) in [5.41, 5.74) is 1.19. The van der Waals surface area contributed by atoms with E-state index in [-0.39, 0.29) is 6.10 Å². The number of hydrogen-bond donors (Lipinski definition) is 1. The zero-order valence-corrected chi connectivity index (χ0v) is 10.8. The number of rotatable bonds is 4. The van der Waals surface area contributed by atoms with Crippen LogP contribution in [0, 0.1) is 0 Å². The second kappa shape index (κ2) is 4.48. The van der Waals surface area contributed by atoms with Gasteiger partial charge in [0.1, 0.15) is 0 Å². The number of pyridine rings is 1. The van der Waals surface area contributed by atoms with E-state index in [0.717, 1.165) is 11.3 Å². The van der Waals surface area contributed by atoms with Crippen molar-refractivity contribution in [3.63, 3.8) is 0 Å². The lowest BCUT2D eigenvalue weighted by Gasteiger charge is -2.13. The van der Waals surface area contributed by atoms with Crippen LogP contribution in [0.4, 0.5) is 5.69 Å². The molecule has 3 nitrogen and oxygen atoms in total. The fourth-order valence-corrected chi connectivity index (χ4v) is 2.07. The van der Waals surface area contributed by atoms with E-state index in [9.17, 15) is 0 Å². The van der Waals surface area contributed by atoms with E-state index in [1.54, 1.807) is 0 Å². The molecule has 1 aromatic carbocycles. The van der Waals surface area contributed by atoms with Gasteiger partial charge in [0.2, 0.25) is 5.88 Å². The summed E-state index contributed by atoms with van der Waals surface area (Å²) in [6.07, 6.45) is 4.51. The molecule has 3 heteroatoms. The van der Waals surface area contributed by atoms with Gasteiger partial charge in [0.05, 0.1) is 6.10 Å². The van der Waals surface area contributed by atoms with E-state index >= 15 is 0 Å². The molecule has 0 saturated heterocycles. The molecule has 1 saturated carbocycles. The molecule has 0 radical (unpaired) electrons. The summed E-state index contributed by atoms with van der Waals surface area (Å²) >= 11 is 0. The first-order chi connectivity index (χ1) is 8.74. The van der Waals surface area contributed by atoms with E-state index < -0.39 is 0 Å². The smallest absolute Gasteiger partial charge is 0.221 e. The van der Waals surface area contributed by atoms with Gasteiger partial charge in [0.15, 0.2) is 0 Å². The van der Waals surface area contributed by atoms with Crippen LogP contribution < -0.4 is 10.1 Å². The van der Waals surface area contributed by atoms with E-state index in [1.807, 2.05) is 26.1 Å². The molecule has 0 amide bonds. The Morgan fingerprint density at radius 2 is 2.06 bits per heavy atom. The third-order valence-electron chi connectivity index (χ3n) is 3.05. The normalized spacial score (nSPS) is 15.1. The predicted molar refractivity (Wildman–Crippen MR) is 74.2 cm³/mol. The Morgan fingerprint density at radius 3 is 2.78 bits per heavy atom. The van der Waals surface area contributed by atoms with Crippen LogP contribution in [0.15, 0.2) is 30.5 Å². The fourth-order valence-electron chi connectivity index (χ4n) is 2.07. The molecule has 1 aromatic heterocycles. The summed E-state index contributed by atoms with van der Waals surface area (Å²) in [6, 6.07) is 8.95. The van der Waals surface area contributed by atoms with Gasteiger partial charge in [-0.05, 0) is 44.9 Å². The van der Waals surface area contributed by atoms with Crippen LogP contribution >= 0.6 is 0 Å². The van der Waals surface area contributed by atoms with Crippen molar-refractivity contribution >= 4 is 16.5 Å². The molecular formula is C15H18N2O. The minimum Gasteiger partial charge on any atom is -0.475 e. The van der Waals surface area contributed by atoms with Crippen molar-refractivity contribution in [3.8, 4) is 5.88 Å². The second-order valence-corrected chi connectivity index (χ2v) is 5.10. The molecule has 0 bridgehead atoms. The summed E-state index contributed by atoms with van der Waals surface area (Å²) in [5.74, 6) is 0.724. The van der Waals surface area contributed by atoms with Crippen molar-refractivity contribution in [3.05, 3.63) is 30.5 Å². The Hall–Kier alpha value is -1.77. The molecule has 1 fully saturated rings. The predicted octanol–water partition coefficient (Wildman–Crippen LogP) is 3.60. The Balaban J connectivity index is 2.04. The van der Waals surface area contributed by atoms with Crippen molar-refractivity contribution in [1.29, 1.82) is 0 Å². The summed E-state index contributed by atoms with van der Waals surface area (Å²) in [4.78, 5) is 4.33. The van der Waals surface area contributed by atoms with Crippen LogP contribution in [0.2, 0.25) is 0 Å². The molecule has 1 heterocycles. The molecule has 0 spiro atoms. The highest BCUT2D eigenvalue weighted by Gasteiger charge is 2.21. The summed E-state index contributed by atoms with van der Waals surface area (Å²) in [5, 5.41) is 5.83. The van der Waals surface area contributed by atoms with E-state index in [2.05, 4.69) is 28.5 Å². The van der Waals surface area contributed by atoms with Gasteiger partial charge in [0.25, 0.3) is 0 Å². The molecule has 3 rings (SSSR count). The average molecular weight is 242 g/mol. The second-order valence-electron chi connectivity index (χ2n) is 5.10. The lowest BCUT2D eigenvalue weighted by atomic mass is 10.1. The van der Waals surface area contributed by atoms with Gasteiger partial charge in [-0.25, -0.2) is 4.98 Å². The van der Waals surface area contributed by atoms with Gasteiger partial charge in [-0.2, -0.15) is 0 Å². The minimum atomic E-state index is 0.142. The summed E-state index contributed by atoms with van der Waals surface area (Å²) < 4.78 is 5.76. The molecule has 18 heavy (non-hydrogen) atoms. The standard InChI is InChI=1S/C15H18N2O/c1-10(2)18-15-13-4-3-5-14(17-11-6-7-11)12(13)8-9-16-15/h3-5,8-11,17H,6-7H2,1-2H3. The number of hydrogen-bond acceptors (Lipinski definition) is 3. The largest absolute Gasteiger partial charge is 0.475 e. The van der Waals surface area contributed by atoms with Crippen molar-refractivity contribution in [2.45, 2.75) is 38.8 Å². The molecule has 1 N–H and O–H groups in total. The topological polar surface area (TPSA) is 34.1 Å². The van der Waals surface area contributed by atoms with Crippen molar-refractivity contribution in [2.24, 2.45) is 0 Å². The Bertz CT molecular complexity index is 518. The first-order valence-corrected chi connectivity index (χ1v) is 6.55. The average Bonchev–Trinajstić information content (AvgIpc) is 3.13. The number of nitrogens with zero attached hydrogens (tertiary/aromatic N) is 1. The number of nitrogens with one attached hydrogen (secondary N) is 1. The molecule has 0 unspecified atom stereocenters. The van der Waals surface area contributed by atoms with E-state index in [4.69, 9.17) is 4.74 Å². The van der Waals surface area contributed by atoms with Crippen LogP contribution in [0.5, 0.6) is 5.88 Å². The van der Waals surface area contributed by atoms with Gasteiger partial charge in [-0.15, -0.1) is 0 Å². The molecule has 2 aromatic rings. The molecule has 0 aliphatic heterocycles. The van der Waals surface area contributed by atoms with Crippen LogP contribution in [0.3, 0.4) is 0 Å². The van der Waals surface area contributed by atoms with Crippen LogP contribution in [-0.2, 0) is 0 Å². The van der Waals surface area contributed by atoms with Crippen molar-refractivity contribution in [2.75, 3.05) is 5.32 Å². The highest BCUT2D eigenvalue weighted by atomic mass is 16.5. The lowest BCUT2D eigenvalue weighted by molar-refractivity contribution is 0.236. The highest BCUT2D eigenvalue weighted by molar-refractivity contribution is 5.96. The number of fused-ring (bicyclic) bond motifs is 1. The third kappa shape index (κ3) is 2.26. The first kappa shape index (κ1) is 11.3. The fraction of sp³-hybridized carbons (Fsp3) is 0.400. The number of ether oxygens (including phenoxy) is 1. The maximum absolute atomic E-state index is 5.76. The molecule has 1 aliphatic carbocycles. The zero-order valence-electron chi connectivity index (χ0n) is 10.8. The quantitative estimate of drug-likeness (QED) is 0.889. The van der Waals surface area contributed by atoms with Crippen molar-refractivity contribution in [1.82, 2.24) is 4.98 Å². The maximum atomic E-state index is 5.76. The van der Waals surface area contributed by atoms with Gasteiger partial charge in [0, 0.05) is 28.7 Å². The first-order valence-electron chi connectivity index (χ1n) is 6.55. The Kier molecular flexibility index (Phi) is 2.82. The Morgan fingerprint density at radius 1 is 1.22 bits per heavy atom. The Labute approximate surface area is 107 Å². The highest BCUT2D eigenvalue weighted by Crippen LogP contribution is 2.32. The van der Waals surface area contributed by atoms with Crippen LogP contribution in [0.1, 0.15) is 26.7 Å². The van der Waals surface area contributed by atoms with Crippen LogP contribution in [0.25, 0.3) is 10.8 Å². The van der Waals surface area contributed by atoms with E-state index in [0.29, 0.717) is 6.04 Å². The molecule has 1 aliphatic rings. The van der Waals surface area contributed by atoms with Gasteiger partial charge in [-0.1, -0.05) is 6.07 Å².